The number of hydrogen-bond donors (Lipinski definition) is 1. The number of carbonyl (C=O) groups excluding carboxylic acids is 2. The molecule has 5 heteroatoms. The number of rotatable bonds is 6. The fourth-order valence-corrected chi connectivity index (χ4v) is 4.95. The zero-order chi connectivity index (χ0) is 18.5. The van der Waals surface area contributed by atoms with Gasteiger partial charge in [-0.15, -0.1) is 0 Å². The summed E-state index contributed by atoms with van der Waals surface area (Å²) >= 11 is 1.49. The van der Waals surface area contributed by atoms with Crippen LogP contribution in [0, 0.1) is 19.8 Å². The third-order valence-electron chi connectivity index (χ3n) is 5.40. The van der Waals surface area contributed by atoms with Crippen LogP contribution in [0.3, 0.4) is 0 Å². The van der Waals surface area contributed by atoms with Crippen molar-refractivity contribution in [2.24, 2.45) is 10.9 Å². The molecule has 1 saturated carbocycles. The Balaban J connectivity index is 1.48. The van der Waals surface area contributed by atoms with Gasteiger partial charge < -0.3 is 5.32 Å². The van der Waals surface area contributed by atoms with E-state index in [1.54, 1.807) is 0 Å². The second-order valence-corrected chi connectivity index (χ2v) is 8.79. The molecule has 1 aromatic carbocycles. The number of thioether (sulfide) groups is 1. The predicted molar refractivity (Wildman–Crippen MR) is 109 cm³/mol. The van der Waals surface area contributed by atoms with Crippen LogP contribution in [0.4, 0.5) is 5.69 Å². The fourth-order valence-electron chi connectivity index (χ4n) is 3.85. The van der Waals surface area contributed by atoms with Crippen molar-refractivity contribution in [3.63, 3.8) is 0 Å². The Kier molecular flexibility index (Phi) is 6.52. The van der Waals surface area contributed by atoms with Gasteiger partial charge in [0.1, 0.15) is 5.25 Å². The molecule has 1 atom stereocenters. The lowest BCUT2D eigenvalue weighted by Gasteiger charge is -2.21. The van der Waals surface area contributed by atoms with Crippen LogP contribution in [0.5, 0.6) is 0 Å². The van der Waals surface area contributed by atoms with Crippen LogP contribution in [-0.2, 0) is 9.59 Å². The van der Waals surface area contributed by atoms with Gasteiger partial charge in [-0.3, -0.25) is 9.59 Å². The molecule has 3 rings (SSSR count). The smallest absolute Gasteiger partial charge is 0.260 e. The van der Waals surface area contributed by atoms with Gasteiger partial charge in [0, 0.05) is 12.1 Å². The Hall–Kier alpha value is -1.62. The largest absolute Gasteiger partial charge is 0.326 e. The van der Waals surface area contributed by atoms with Crippen molar-refractivity contribution in [2.75, 3.05) is 5.32 Å². The number of nitrogens with zero attached hydrogens (tertiary/aromatic N) is 1. The molecule has 1 N–H and O–H groups in total. The van der Waals surface area contributed by atoms with Gasteiger partial charge in [0.25, 0.3) is 5.91 Å². The van der Waals surface area contributed by atoms with Gasteiger partial charge in [0.15, 0.2) is 0 Å². The molecular formula is C21H28N2O2S. The number of benzene rings is 1. The average Bonchev–Trinajstić information content (AvgIpc) is 2.97. The Morgan fingerprint density at radius 3 is 2.58 bits per heavy atom. The first kappa shape index (κ1) is 19.2. The maximum absolute atomic E-state index is 12.4. The van der Waals surface area contributed by atoms with Crippen LogP contribution in [0.15, 0.2) is 23.2 Å². The van der Waals surface area contributed by atoms with E-state index in [0.717, 1.165) is 40.6 Å². The zero-order valence-corrected chi connectivity index (χ0v) is 16.5. The Morgan fingerprint density at radius 2 is 1.88 bits per heavy atom. The minimum absolute atomic E-state index is 0.114. The van der Waals surface area contributed by atoms with Gasteiger partial charge in [0.05, 0.1) is 5.04 Å². The molecule has 1 aromatic rings. The number of amides is 2. The van der Waals surface area contributed by atoms with Crippen molar-refractivity contribution in [1.29, 1.82) is 0 Å². The number of carbonyl (C=O) groups is 2. The van der Waals surface area contributed by atoms with E-state index in [-0.39, 0.29) is 23.5 Å². The SMILES string of the molecule is Cc1cccc(C)c1NC(=O)C[C@H]1SC(CCC2CCCCC2)=NC1=O. The third-order valence-corrected chi connectivity index (χ3v) is 6.62. The standard InChI is InChI=1S/C21H28N2O2S/c1-14-7-6-8-15(2)20(14)22-18(24)13-17-21(25)23-19(26-17)12-11-16-9-4-3-5-10-16/h6-8,16-17H,3-5,9-13H2,1-2H3,(H,22,24)/t17-/m1/s1. The molecule has 26 heavy (non-hydrogen) atoms. The highest BCUT2D eigenvalue weighted by Crippen LogP contribution is 2.32. The predicted octanol–water partition coefficient (Wildman–Crippen LogP) is 5.03. The van der Waals surface area contributed by atoms with Crippen LogP contribution in [-0.4, -0.2) is 22.1 Å². The number of anilines is 1. The number of para-hydroxylation sites is 1. The summed E-state index contributed by atoms with van der Waals surface area (Å²) in [6.07, 6.45) is 8.86. The van der Waals surface area contributed by atoms with E-state index in [1.165, 1.54) is 43.9 Å². The van der Waals surface area contributed by atoms with E-state index < -0.39 is 0 Å². The van der Waals surface area contributed by atoms with Crippen LogP contribution >= 0.6 is 11.8 Å². The number of hydrogen-bond acceptors (Lipinski definition) is 3. The van der Waals surface area contributed by atoms with E-state index in [2.05, 4.69) is 10.3 Å². The van der Waals surface area contributed by atoms with Gasteiger partial charge in [-0.2, -0.15) is 0 Å². The first-order valence-corrected chi connectivity index (χ1v) is 10.5. The highest BCUT2D eigenvalue weighted by molar-refractivity contribution is 8.15. The number of aryl methyl sites for hydroxylation is 2. The second kappa shape index (κ2) is 8.85. The summed E-state index contributed by atoms with van der Waals surface area (Å²) < 4.78 is 0. The lowest BCUT2D eigenvalue weighted by Crippen LogP contribution is -2.22. The molecule has 0 spiro atoms. The summed E-state index contributed by atoms with van der Waals surface area (Å²) in [7, 11) is 0. The van der Waals surface area contributed by atoms with E-state index >= 15 is 0 Å². The molecular weight excluding hydrogens is 344 g/mol. The van der Waals surface area contributed by atoms with Crippen molar-refractivity contribution in [1.82, 2.24) is 0 Å². The minimum atomic E-state index is -0.360. The Morgan fingerprint density at radius 1 is 1.19 bits per heavy atom. The van der Waals surface area contributed by atoms with Gasteiger partial charge >= 0.3 is 0 Å². The highest BCUT2D eigenvalue weighted by atomic mass is 32.2. The second-order valence-electron chi connectivity index (χ2n) is 7.51. The van der Waals surface area contributed by atoms with Gasteiger partial charge in [0.2, 0.25) is 5.91 Å². The van der Waals surface area contributed by atoms with Gasteiger partial charge in [-0.25, -0.2) is 4.99 Å². The number of nitrogens with one attached hydrogen (secondary N) is 1. The topological polar surface area (TPSA) is 58.5 Å². The molecule has 1 heterocycles. The molecule has 1 aliphatic carbocycles. The quantitative estimate of drug-likeness (QED) is 0.761. The Bertz CT molecular complexity index is 688. The van der Waals surface area contributed by atoms with Crippen LogP contribution < -0.4 is 5.32 Å². The van der Waals surface area contributed by atoms with Crippen molar-refractivity contribution in [2.45, 2.75) is 70.5 Å². The fraction of sp³-hybridized carbons (Fsp3) is 0.571. The first-order chi connectivity index (χ1) is 12.5. The van der Waals surface area contributed by atoms with E-state index in [0.29, 0.717) is 0 Å². The summed E-state index contributed by atoms with van der Waals surface area (Å²) in [5.74, 6) is 0.524. The summed E-state index contributed by atoms with van der Waals surface area (Å²) in [4.78, 5) is 28.8. The van der Waals surface area contributed by atoms with Crippen LogP contribution in [0.1, 0.15) is 62.5 Å². The normalized spacial score (nSPS) is 20.9. The van der Waals surface area contributed by atoms with E-state index in [1.807, 2.05) is 32.0 Å². The van der Waals surface area contributed by atoms with E-state index in [4.69, 9.17) is 0 Å². The van der Waals surface area contributed by atoms with Crippen molar-refractivity contribution in [3.05, 3.63) is 29.3 Å². The highest BCUT2D eigenvalue weighted by Gasteiger charge is 2.30. The Labute approximate surface area is 160 Å². The lowest BCUT2D eigenvalue weighted by atomic mass is 9.86. The van der Waals surface area contributed by atoms with Crippen molar-refractivity contribution in [3.8, 4) is 0 Å². The molecule has 0 saturated heterocycles. The molecule has 0 bridgehead atoms. The first-order valence-electron chi connectivity index (χ1n) is 9.67. The van der Waals surface area contributed by atoms with Crippen molar-refractivity contribution >= 4 is 34.3 Å². The molecule has 4 nitrogen and oxygen atoms in total. The molecule has 1 fully saturated rings. The maximum Gasteiger partial charge on any atom is 0.260 e. The third kappa shape index (κ3) is 4.97. The average molecular weight is 373 g/mol. The molecule has 0 aromatic heterocycles. The number of aliphatic imine (C=N–C) groups is 1. The minimum Gasteiger partial charge on any atom is -0.326 e. The molecule has 2 aliphatic rings. The van der Waals surface area contributed by atoms with Gasteiger partial charge in [-0.05, 0) is 43.7 Å². The lowest BCUT2D eigenvalue weighted by molar-refractivity contribution is -0.121. The van der Waals surface area contributed by atoms with Crippen molar-refractivity contribution < 1.29 is 9.59 Å². The molecule has 1 aliphatic heterocycles. The molecule has 2 amide bonds. The summed E-state index contributed by atoms with van der Waals surface area (Å²) in [6.45, 7) is 3.95. The van der Waals surface area contributed by atoms with Crippen LogP contribution in [0.25, 0.3) is 0 Å². The van der Waals surface area contributed by atoms with E-state index in [9.17, 15) is 9.59 Å². The van der Waals surface area contributed by atoms with Crippen LogP contribution in [0.2, 0.25) is 0 Å². The van der Waals surface area contributed by atoms with Gasteiger partial charge in [-0.1, -0.05) is 62.1 Å². The summed E-state index contributed by atoms with van der Waals surface area (Å²) in [6, 6.07) is 5.93. The maximum atomic E-state index is 12.4. The summed E-state index contributed by atoms with van der Waals surface area (Å²) in [5.41, 5.74) is 2.92. The zero-order valence-electron chi connectivity index (χ0n) is 15.7. The summed E-state index contributed by atoms with van der Waals surface area (Å²) in [5, 5.41) is 3.53. The molecule has 140 valence electrons. The monoisotopic (exact) mass is 372 g/mol. The molecule has 0 unspecified atom stereocenters. The molecule has 0 radical (unpaired) electrons.